The van der Waals surface area contributed by atoms with Crippen molar-refractivity contribution in [3.05, 3.63) is 65.5 Å². The van der Waals surface area contributed by atoms with Gasteiger partial charge in [-0.1, -0.05) is 30.3 Å². The van der Waals surface area contributed by atoms with Gasteiger partial charge in [-0.3, -0.25) is 4.79 Å². The molecule has 0 spiro atoms. The van der Waals surface area contributed by atoms with E-state index in [2.05, 4.69) is 0 Å². The molecule has 2 rings (SSSR count). The first-order chi connectivity index (χ1) is 9.61. The van der Waals surface area contributed by atoms with Crippen LogP contribution in [-0.4, -0.2) is 17.4 Å². The summed E-state index contributed by atoms with van der Waals surface area (Å²) < 4.78 is 13.0. The van der Waals surface area contributed by atoms with Gasteiger partial charge >= 0.3 is 0 Å². The van der Waals surface area contributed by atoms with Crippen molar-refractivity contribution < 1.29 is 9.18 Å². The van der Waals surface area contributed by atoms with Crippen LogP contribution in [0.25, 0.3) is 0 Å². The number of rotatable bonds is 4. The van der Waals surface area contributed by atoms with Crippen molar-refractivity contribution in [2.75, 3.05) is 12.3 Å². The predicted octanol–water partition coefficient (Wildman–Crippen LogP) is 3.07. The number of nitrogens with two attached hydrogens (primary N) is 1. The normalized spacial score (nSPS) is 10.3. The second kappa shape index (κ2) is 6.19. The van der Waals surface area contributed by atoms with E-state index in [-0.39, 0.29) is 11.6 Å². The lowest BCUT2D eigenvalue weighted by Crippen LogP contribution is -2.30. The number of nitrogen functional groups attached to an aromatic ring is 1. The summed E-state index contributed by atoms with van der Waals surface area (Å²) in [5.74, 6) is -0.626. The van der Waals surface area contributed by atoms with Gasteiger partial charge in [0.1, 0.15) is 5.82 Å². The van der Waals surface area contributed by atoms with Crippen molar-refractivity contribution in [2.45, 2.75) is 13.5 Å². The van der Waals surface area contributed by atoms with E-state index in [0.29, 0.717) is 18.7 Å². The largest absolute Gasteiger partial charge is 0.398 e. The molecule has 2 aromatic carbocycles. The highest BCUT2D eigenvalue weighted by molar-refractivity contribution is 5.99. The maximum absolute atomic E-state index is 13.0. The maximum atomic E-state index is 13.0. The third kappa shape index (κ3) is 3.15. The van der Waals surface area contributed by atoms with E-state index in [1.54, 1.807) is 4.90 Å². The van der Waals surface area contributed by atoms with Crippen LogP contribution in [0.4, 0.5) is 10.1 Å². The van der Waals surface area contributed by atoms with Crippen molar-refractivity contribution in [1.82, 2.24) is 4.90 Å². The fourth-order valence-electron chi connectivity index (χ4n) is 2.03. The molecule has 0 fully saturated rings. The fraction of sp³-hybridized carbons (Fsp3) is 0.188. The monoisotopic (exact) mass is 272 g/mol. The molecule has 0 saturated carbocycles. The summed E-state index contributed by atoms with van der Waals surface area (Å²) in [6, 6.07) is 13.6. The second-order valence-corrected chi connectivity index (χ2v) is 4.54. The van der Waals surface area contributed by atoms with Crippen molar-refractivity contribution in [1.29, 1.82) is 0 Å². The highest BCUT2D eigenvalue weighted by Crippen LogP contribution is 2.17. The smallest absolute Gasteiger partial charge is 0.256 e. The van der Waals surface area contributed by atoms with Gasteiger partial charge in [-0.25, -0.2) is 4.39 Å². The van der Waals surface area contributed by atoms with Crippen LogP contribution in [0, 0.1) is 5.82 Å². The molecule has 0 bridgehead atoms. The minimum Gasteiger partial charge on any atom is -0.398 e. The molecule has 0 saturated heterocycles. The molecular formula is C16H17FN2O. The molecule has 0 atom stereocenters. The first kappa shape index (κ1) is 14.1. The molecule has 0 heterocycles. The molecule has 4 heteroatoms. The van der Waals surface area contributed by atoms with Crippen molar-refractivity contribution in [2.24, 2.45) is 0 Å². The molecule has 1 amide bonds. The molecule has 3 nitrogen and oxygen atoms in total. The summed E-state index contributed by atoms with van der Waals surface area (Å²) in [7, 11) is 0. The minimum absolute atomic E-state index is 0.168. The van der Waals surface area contributed by atoms with Crippen LogP contribution in [0.15, 0.2) is 48.5 Å². The van der Waals surface area contributed by atoms with E-state index in [1.165, 1.54) is 18.2 Å². The van der Waals surface area contributed by atoms with Gasteiger partial charge in [0.25, 0.3) is 5.91 Å². The van der Waals surface area contributed by atoms with Crippen LogP contribution in [-0.2, 0) is 6.54 Å². The number of amides is 1. The lowest BCUT2D eigenvalue weighted by atomic mass is 10.1. The number of nitrogens with zero attached hydrogens (tertiary/aromatic N) is 1. The van der Waals surface area contributed by atoms with Crippen molar-refractivity contribution in [3.63, 3.8) is 0 Å². The van der Waals surface area contributed by atoms with Crippen LogP contribution >= 0.6 is 0 Å². The van der Waals surface area contributed by atoms with E-state index in [4.69, 9.17) is 5.73 Å². The number of anilines is 1. The lowest BCUT2D eigenvalue weighted by molar-refractivity contribution is 0.0753. The van der Waals surface area contributed by atoms with Gasteiger partial charge in [0, 0.05) is 18.8 Å². The van der Waals surface area contributed by atoms with E-state index in [0.717, 1.165) is 5.56 Å². The average Bonchev–Trinajstić information content (AvgIpc) is 2.45. The van der Waals surface area contributed by atoms with Gasteiger partial charge in [-0.05, 0) is 30.7 Å². The first-order valence-corrected chi connectivity index (χ1v) is 6.50. The SMILES string of the molecule is CCN(Cc1ccccc1)C(=O)c1ccc(F)cc1N. The highest BCUT2D eigenvalue weighted by atomic mass is 19.1. The highest BCUT2D eigenvalue weighted by Gasteiger charge is 2.17. The second-order valence-electron chi connectivity index (χ2n) is 4.54. The lowest BCUT2D eigenvalue weighted by Gasteiger charge is -2.21. The summed E-state index contributed by atoms with van der Waals surface area (Å²) in [5, 5.41) is 0. The molecule has 0 unspecified atom stereocenters. The number of carbonyl (C=O) groups excluding carboxylic acids is 1. The fourth-order valence-corrected chi connectivity index (χ4v) is 2.03. The minimum atomic E-state index is -0.440. The number of hydrogen-bond acceptors (Lipinski definition) is 2. The van der Waals surface area contributed by atoms with E-state index in [1.807, 2.05) is 37.3 Å². The number of hydrogen-bond donors (Lipinski definition) is 1. The Morgan fingerprint density at radius 2 is 1.90 bits per heavy atom. The Hall–Kier alpha value is -2.36. The molecule has 0 aromatic heterocycles. The molecule has 0 radical (unpaired) electrons. The van der Waals surface area contributed by atoms with Crippen LogP contribution < -0.4 is 5.73 Å². The Morgan fingerprint density at radius 3 is 2.50 bits per heavy atom. The summed E-state index contributed by atoms with van der Waals surface area (Å²) in [4.78, 5) is 14.1. The molecule has 0 aliphatic rings. The zero-order valence-corrected chi connectivity index (χ0v) is 11.3. The van der Waals surface area contributed by atoms with Gasteiger partial charge in [0.05, 0.1) is 5.56 Å². The van der Waals surface area contributed by atoms with Gasteiger partial charge in [0.15, 0.2) is 0 Å². The van der Waals surface area contributed by atoms with Crippen LogP contribution in [0.5, 0.6) is 0 Å². The van der Waals surface area contributed by atoms with Gasteiger partial charge < -0.3 is 10.6 Å². The van der Waals surface area contributed by atoms with E-state index in [9.17, 15) is 9.18 Å². The summed E-state index contributed by atoms with van der Waals surface area (Å²) in [6.45, 7) is 2.97. The first-order valence-electron chi connectivity index (χ1n) is 6.50. The molecule has 2 aromatic rings. The number of carbonyl (C=O) groups is 1. The molecule has 20 heavy (non-hydrogen) atoms. The Kier molecular flexibility index (Phi) is 4.35. The predicted molar refractivity (Wildman–Crippen MR) is 77.7 cm³/mol. The quantitative estimate of drug-likeness (QED) is 0.869. The third-order valence-corrected chi connectivity index (χ3v) is 3.13. The Balaban J connectivity index is 2.21. The van der Waals surface area contributed by atoms with E-state index < -0.39 is 5.82 Å². The van der Waals surface area contributed by atoms with Crippen LogP contribution in [0.3, 0.4) is 0 Å². The van der Waals surface area contributed by atoms with Crippen LogP contribution in [0.1, 0.15) is 22.8 Å². The van der Waals surface area contributed by atoms with Gasteiger partial charge in [-0.2, -0.15) is 0 Å². The standard InChI is InChI=1S/C16H17FN2O/c1-2-19(11-12-6-4-3-5-7-12)16(20)14-9-8-13(17)10-15(14)18/h3-10H,2,11,18H2,1H3. The zero-order valence-electron chi connectivity index (χ0n) is 11.3. The summed E-state index contributed by atoms with van der Waals surface area (Å²) in [5.41, 5.74) is 7.27. The molecule has 104 valence electrons. The Morgan fingerprint density at radius 1 is 1.20 bits per heavy atom. The topological polar surface area (TPSA) is 46.3 Å². The molecular weight excluding hydrogens is 255 g/mol. The number of benzene rings is 2. The Bertz CT molecular complexity index is 599. The Labute approximate surface area is 117 Å². The maximum Gasteiger partial charge on any atom is 0.256 e. The summed E-state index contributed by atoms with van der Waals surface area (Å²) >= 11 is 0. The van der Waals surface area contributed by atoms with Crippen molar-refractivity contribution >= 4 is 11.6 Å². The van der Waals surface area contributed by atoms with Gasteiger partial charge in [-0.15, -0.1) is 0 Å². The molecule has 0 aliphatic heterocycles. The third-order valence-electron chi connectivity index (χ3n) is 3.13. The average molecular weight is 272 g/mol. The summed E-state index contributed by atoms with van der Waals surface area (Å²) in [6.07, 6.45) is 0. The van der Waals surface area contributed by atoms with E-state index >= 15 is 0 Å². The van der Waals surface area contributed by atoms with Crippen LogP contribution in [0.2, 0.25) is 0 Å². The molecule has 0 aliphatic carbocycles. The van der Waals surface area contributed by atoms with Crippen molar-refractivity contribution in [3.8, 4) is 0 Å². The molecule has 2 N–H and O–H groups in total. The zero-order chi connectivity index (χ0) is 14.5. The van der Waals surface area contributed by atoms with Gasteiger partial charge in [0.2, 0.25) is 0 Å². The number of halogens is 1.